The molecule has 1 aromatic rings. The third kappa shape index (κ3) is 5.09. The summed E-state index contributed by atoms with van der Waals surface area (Å²) < 4.78 is 5.74. The van der Waals surface area contributed by atoms with Gasteiger partial charge in [-0.3, -0.25) is 10.2 Å². The Kier molecular flexibility index (Phi) is 6.84. The van der Waals surface area contributed by atoms with E-state index in [9.17, 15) is 0 Å². The smallest absolute Gasteiger partial charge is 0.183 e. The maximum Gasteiger partial charge on any atom is 0.183 e. The van der Waals surface area contributed by atoms with Crippen molar-refractivity contribution in [2.24, 2.45) is 4.99 Å². The Morgan fingerprint density at radius 2 is 2.27 bits per heavy atom. The SMILES string of the molecule is CSC(=Nc1ccc(OCCN2CCCC2)c(Cl)c1)NC#N. The topological polar surface area (TPSA) is 60.6 Å². The van der Waals surface area contributed by atoms with Crippen LogP contribution in [0.25, 0.3) is 0 Å². The second-order valence-corrected chi connectivity index (χ2v) is 6.07. The van der Waals surface area contributed by atoms with Gasteiger partial charge in [0.15, 0.2) is 11.4 Å². The highest BCUT2D eigenvalue weighted by atomic mass is 35.5. The van der Waals surface area contributed by atoms with Gasteiger partial charge in [0, 0.05) is 6.54 Å². The number of nitriles is 1. The Hall–Kier alpha value is -1.42. The zero-order valence-electron chi connectivity index (χ0n) is 12.5. The van der Waals surface area contributed by atoms with Crippen LogP contribution in [0.15, 0.2) is 23.2 Å². The minimum absolute atomic E-state index is 0.528. The van der Waals surface area contributed by atoms with E-state index in [2.05, 4.69) is 15.2 Å². The van der Waals surface area contributed by atoms with Gasteiger partial charge in [0.25, 0.3) is 0 Å². The van der Waals surface area contributed by atoms with E-state index in [1.165, 1.54) is 24.6 Å². The molecule has 0 amide bonds. The van der Waals surface area contributed by atoms with E-state index in [1.54, 1.807) is 6.07 Å². The molecular weight excluding hydrogens is 320 g/mol. The van der Waals surface area contributed by atoms with Gasteiger partial charge >= 0.3 is 0 Å². The van der Waals surface area contributed by atoms with Gasteiger partial charge in [-0.1, -0.05) is 23.4 Å². The van der Waals surface area contributed by atoms with Crippen molar-refractivity contribution in [3.05, 3.63) is 23.2 Å². The van der Waals surface area contributed by atoms with Crippen molar-refractivity contribution in [3.63, 3.8) is 0 Å². The maximum atomic E-state index is 8.63. The molecule has 0 saturated carbocycles. The van der Waals surface area contributed by atoms with Crippen molar-refractivity contribution in [1.29, 1.82) is 5.26 Å². The van der Waals surface area contributed by atoms with Gasteiger partial charge in [-0.05, 0) is 50.4 Å². The van der Waals surface area contributed by atoms with E-state index in [0.717, 1.165) is 19.6 Å². The van der Waals surface area contributed by atoms with Crippen molar-refractivity contribution in [2.45, 2.75) is 12.8 Å². The number of ether oxygens (including phenoxy) is 1. The summed E-state index contributed by atoms with van der Waals surface area (Å²) in [5, 5.41) is 12.2. The van der Waals surface area contributed by atoms with Crippen molar-refractivity contribution in [2.75, 3.05) is 32.5 Å². The first-order valence-electron chi connectivity index (χ1n) is 7.15. The van der Waals surface area contributed by atoms with Gasteiger partial charge in [0.05, 0.1) is 10.7 Å². The summed E-state index contributed by atoms with van der Waals surface area (Å²) in [4.78, 5) is 6.70. The number of hydrogen-bond acceptors (Lipinski definition) is 5. The first-order chi connectivity index (χ1) is 10.7. The fourth-order valence-electron chi connectivity index (χ4n) is 2.26. The lowest BCUT2D eigenvalue weighted by atomic mass is 10.3. The Labute approximate surface area is 140 Å². The Morgan fingerprint density at radius 1 is 1.50 bits per heavy atom. The summed E-state index contributed by atoms with van der Waals surface area (Å²) in [6.07, 6.45) is 6.26. The number of halogens is 1. The molecule has 0 unspecified atom stereocenters. The molecular formula is C15H19ClN4OS. The number of likely N-dealkylation sites (tertiary alicyclic amines) is 1. The summed E-state index contributed by atoms with van der Waals surface area (Å²) in [5.41, 5.74) is 0.684. The van der Waals surface area contributed by atoms with E-state index >= 15 is 0 Å². The highest BCUT2D eigenvalue weighted by molar-refractivity contribution is 8.13. The third-order valence-corrected chi connectivity index (χ3v) is 4.24. The van der Waals surface area contributed by atoms with E-state index in [0.29, 0.717) is 28.2 Å². The fraction of sp³-hybridized carbons (Fsp3) is 0.467. The number of nitrogens with one attached hydrogen (secondary N) is 1. The van der Waals surface area contributed by atoms with Crippen LogP contribution in [-0.4, -0.2) is 42.6 Å². The molecule has 1 saturated heterocycles. The fourth-order valence-corrected chi connectivity index (χ4v) is 2.83. The molecule has 1 aromatic carbocycles. The molecule has 0 spiro atoms. The van der Waals surface area contributed by atoms with Gasteiger partial charge in [-0.2, -0.15) is 5.26 Å². The molecule has 0 aromatic heterocycles. The van der Waals surface area contributed by atoms with Crippen molar-refractivity contribution >= 4 is 34.2 Å². The maximum absolute atomic E-state index is 8.63. The predicted molar refractivity (Wildman–Crippen MR) is 92.0 cm³/mol. The molecule has 0 aliphatic carbocycles. The highest BCUT2D eigenvalue weighted by Crippen LogP contribution is 2.29. The van der Waals surface area contributed by atoms with Crippen LogP contribution in [0, 0.1) is 11.5 Å². The van der Waals surface area contributed by atoms with Crippen molar-refractivity contribution in [1.82, 2.24) is 10.2 Å². The average Bonchev–Trinajstić information content (AvgIpc) is 3.02. The van der Waals surface area contributed by atoms with Crippen LogP contribution in [0.2, 0.25) is 5.02 Å². The van der Waals surface area contributed by atoms with Crippen LogP contribution < -0.4 is 10.1 Å². The van der Waals surface area contributed by atoms with Gasteiger partial charge in [-0.25, -0.2) is 4.99 Å². The first-order valence-corrected chi connectivity index (χ1v) is 8.75. The molecule has 1 aliphatic rings. The Balaban J connectivity index is 1.92. The van der Waals surface area contributed by atoms with Crippen LogP contribution >= 0.6 is 23.4 Å². The largest absolute Gasteiger partial charge is 0.491 e. The first kappa shape index (κ1) is 16.9. The lowest BCUT2D eigenvalue weighted by Gasteiger charge is -2.15. The number of nitrogens with zero attached hydrogens (tertiary/aromatic N) is 3. The van der Waals surface area contributed by atoms with Gasteiger partial charge in [0.1, 0.15) is 12.4 Å². The molecule has 2 rings (SSSR count). The summed E-state index contributed by atoms with van der Waals surface area (Å²) in [5.74, 6) is 0.666. The van der Waals surface area contributed by atoms with Gasteiger partial charge in [0.2, 0.25) is 0 Å². The van der Waals surface area contributed by atoms with Gasteiger partial charge < -0.3 is 4.74 Å². The van der Waals surface area contributed by atoms with Crippen LogP contribution in [0.5, 0.6) is 5.75 Å². The molecule has 0 radical (unpaired) electrons. The summed E-state index contributed by atoms with van der Waals surface area (Å²) in [6.45, 7) is 3.88. The summed E-state index contributed by atoms with van der Waals surface area (Å²) in [6, 6.07) is 5.38. The molecule has 0 atom stereocenters. The number of thioether (sulfide) groups is 1. The second-order valence-electron chi connectivity index (χ2n) is 4.87. The quantitative estimate of drug-likeness (QED) is 0.386. The summed E-state index contributed by atoms with van der Waals surface area (Å²) >= 11 is 7.59. The average molecular weight is 339 g/mol. The van der Waals surface area contributed by atoms with E-state index in [4.69, 9.17) is 21.6 Å². The number of aliphatic imine (C=N–C) groups is 1. The normalized spacial score (nSPS) is 15.6. The Morgan fingerprint density at radius 3 is 2.91 bits per heavy atom. The van der Waals surface area contributed by atoms with Crippen LogP contribution in [-0.2, 0) is 0 Å². The molecule has 118 valence electrons. The molecule has 0 bridgehead atoms. The molecule has 1 aliphatic heterocycles. The Bertz CT molecular complexity index is 567. The predicted octanol–water partition coefficient (Wildman–Crippen LogP) is 3.24. The molecule has 7 heteroatoms. The number of amidine groups is 1. The summed E-state index contributed by atoms with van der Waals surface area (Å²) in [7, 11) is 0. The van der Waals surface area contributed by atoms with Crippen LogP contribution in [0.3, 0.4) is 0 Å². The molecule has 1 N–H and O–H groups in total. The standard InChI is InChI=1S/C15H19ClN4OS/c1-22-15(18-11-17)19-12-4-5-14(13(16)10-12)21-9-8-20-6-2-3-7-20/h4-5,10H,2-3,6-9H2,1H3,(H,18,19). The molecule has 1 fully saturated rings. The van der Waals surface area contributed by atoms with Gasteiger partial charge in [-0.15, -0.1) is 0 Å². The molecule has 5 nitrogen and oxygen atoms in total. The minimum Gasteiger partial charge on any atom is -0.491 e. The van der Waals surface area contributed by atoms with Crippen LogP contribution in [0.4, 0.5) is 5.69 Å². The molecule has 22 heavy (non-hydrogen) atoms. The number of hydrogen-bond donors (Lipinski definition) is 1. The van der Waals surface area contributed by atoms with Crippen molar-refractivity contribution < 1.29 is 4.74 Å². The second kappa shape index (κ2) is 8.89. The third-order valence-electron chi connectivity index (χ3n) is 3.37. The van der Waals surface area contributed by atoms with Crippen molar-refractivity contribution in [3.8, 4) is 11.9 Å². The minimum atomic E-state index is 0.528. The molecule has 1 heterocycles. The van der Waals surface area contributed by atoms with E-state index in [-0.39, 0.29) is 0 Å². The zero-order chi connectivity index (χ0) is 15.8. The number of benzene rings is 1. The lowest BCUT2D eigenvalue weighted by molar-refractivity contribution is 0.238. The lowest BCUT2D eigenvalue weighted by Crippen LogP contribution is -2.25. The highest BCUT2D eigenvalue weighted by Gasteiger charge is 2.11. The number of rotatable bonds is 5. The van der Waals surface area contributed by atoms with E-state index in [1.807, 2.05) is 24.6 Å². The monoisotopic (exact) mass is 338 g/mol. The van der Waals surface area contributed by atoms with E-state index < -0.39 is 0 Å². The zero-order valence-corrected chi connectivity index (χ0v) is 14.1. The van der Waals surface area contributed by atoms with Crippen LogP contribution in [0.1, 0.15) is 12.8 Å².